The molecular formula is C10H14BN4. The minimum absolute atomic E-state index is 0.577. The van der Waals surface area contributed by atoms with Gasteiger partial charge in [0.2, 0.25) is 0 Å². The first-order valence-electron chi connectivity index (χ1n) is 4.84. The molecule has 0 unspecified atom stereocenters. The Morgan fingerprint density at radius 1 is 1.53 bits per heavy atom. The number of nitrogens with one attached hydrogen (secondary N) is 1. The lowest BCUT2D eigenvalue weighted by Gasteiger charge is -2.17. The van der Waals surface area contributed by atoms with Crippen molar-refractivity contribution in [2.24, 2.45) is 10.7 Å². The summed E-state index contributed by atoms with van der Waals surface area (Å²) < 4.78 is 0. The van der Waals surface area contributed by atoms with E-state index in [9.17, 15) is 0 Å². The van der Waals surface area contributed by atoms with Crippen molar-refractivity contribution in [3.05, 3.63) is 23.3 Å². The monoisotopic (exact) mass is 201 g/mol. The van der Waals surface area contributed by atoms with Gasteiger partial charge in [-0.15, -0.1) is 0 Å². The molecule has 1 aromatic rings. The molecule has 0 bridgehead atoms. The van der Waals surface area contributed by atoms with Crippen molar-refractivity contribution in [2.45, 2.75) is 6.92 Å². The van der Waals surface area contributed by atoms with Gasteiger partial charge < -0.3 is 15.8 Å². The van der Waals surface area contributed by atoms with Gasteiger partial charge in [-0.2, -0.15) is 0 Å². The second kappa shape index (κ2) is 3.49. The minimum atomic E-state index is 0.577. The fourth-order valence-electron chi connectivity index (χ4n) is 1.84. The second-order valence-electron chi connectivity index (χ2n) is 3.65. The standard InChI is InChI=1S/C10H14BN4/c1-6-4-5-7-9(15(3)11-14-7)8(6)10(12)13-2/h4-5,14H,1-3H3,(H2,12,13). The molecule has 1 aliphatic heterocycles. The van der Waals surface area contributed by atoms with Crippen LogP contribution in [0.15, 0.2) is 17.1 Å². The summed E-state index contributed by atoms with van der Waals surface area (Å²) in [7, 11) is 5.61. The van der Waals surface area contributed by atoms with Gasteiger partial charge in [-0.05, 0) is 25.6 Å². The van der Waals surface area contributed by atoms with Crippen LogP contribution in [0.4, 0.5) is 11.4 Å². The third-order valence-corrected chi connectivity index (χ3v) is 2.65. The molecule has 1 aliphatic rings. The normalized spacial score (nSPS) is 14.6. The van der Waals surface area contributed by atoms with Gasteiger partial charge in [0, 0.05) is 18.3 Å². The Hall–Kier alpha value is -1.65. The van der Waals surface area contributed by atoms with Crippen molar-refractivity contribution in [1.82, 2.24) is 0 Å². The predicted octanol–water partition coefficient (Wildman–Crippen LogP) is 0.726. The van der Waals surface area contributed by atoms with E-state index < -0.39 is 0 Å². The topological polar surface area (TPSA) is 53.6 Å². The predicted molar refractivity (Wildman–Crippen MR) is 65.6 cm³/mol. The number of nitrogens with zero attached hydrogens (tertiary/aromatic N) is 2. The summed E-state index contributed by atoms with van der Waals surface area (Å²) in [6, 6.07) is 4.10. The van der Waals surface area contributed by atoms with Crippen molar-refractivity contribution in [2.75, 3.05) is 24.1 Å². The highest BCUT2D eigenvalue weighted by molar-refractivity contribution is 6.50. The van der Waals surface area contributed by atoms with Gasteiger partial charge in [0.25, 0.3) is 0 Å². The molecule has 0 saturated carbocycles. The Kier molecular flexibility index (Phi) is 2.30. The first-order valence-corrected chi connectivity index (χ1v) is 4.84. The lowest BCUT2D eigenvalue weighted by Crippen LogP contribution is -2.24. The number of rotatable bonds is 1. The molecule has 0 amide bonds. The molecule has 0 aromatic heterocycles. The van der Waals surface area contributed by atoms with Gasteiger partial charge in [0.05, 0.1) is 5.69 Å². The van der Waals surface area contributed by atoms with Gasteiger partial charge in [-0.25, -0.2) is 0 Å². The quantitative estimate of drug-likeness (QED) is 0.400. The zero-order valence-electron chi connectivity index (χ0n) is 9.20. The molecule has 15 heavy (non-hydrogen) atoms. The van der Waals surface area contributed by atoms with E-state index >= 15 is 0 Å². The van der Waals surface area contributed by atoms with E-state index in [1.54, 1.807) is 7.05 Å². The van der Waals surface area contributed by atoms with Crippen LogP contribution in [0.1, 0.15) is 11.1 Å². The summed E-state index contributed by atoms with van der Waals surface area (Å²) >= 11 is 0. The van der Waals surface area contributed by atoms with E-state index in [2.05, 4.69) is 16.3 Å². The highest BCUT2D eigenvalue weighted by Crippen LogP contribution is 2.34. The third-order valence-electron chi connectivity index (χ3n) is 2.65. The van der Waals surface area contributed by atoms with E-state index in [0.717, 1.165) is 22.5 Å². The lowest BCUT2D eigenvalue weighted by atomic mass is 10.0. The second-order valence-corrected chi connectivity index (χ2v) is 3.65. The van der Waals surface area contributed by atoms with E-state index in [0.29, 0.717) is 5.84 Å². The first kappa shape index (κ1) is 9.89. The number of aryl methyl sites for hydroxylation is 1. The van der Waals surface area contributed by atoms with Crippen LogP contribution in [-0.4, -0.2) is 27.5 Å². The van der Waals surface area contributed by atoms with Gasteiger partial charge in [0.1, 0.15) is 5.84 Å². The third kappa shape index (κ3) is 1.44. The van der Waals surface area contributed by atoms with Gasteiger partial charge in [-0.1, -0.05) is 6.07 Å². The van der Waals surface area contributed by atoms with Crippen LogP contribution in [0.25, 0.3) is 0 Å². The average molecular weight is 201 g/mol. The fraction of sp³-hybridized carbons (Fsp3) is 0.300. The smallest absolute Gasteiger partial charge is 0.388 e. The molecule has 0 aliphatic carbocycles. The number of aliphatic imine (C=N–C) groups is 1. The van der Waals surface area contributed by atoms with E-state index in [1.807, 2.05) is 32.4 Å². The highest BCUT2D eigenvalue weighted by atomic mass is 15.2. The summed E-state index contributed by atoms with van der Waals surface area (Å²) in [6.07, 6.45) is 0. The van der Waals surface area contributed by atoms with Crippen LogP contribution in [0.5, 0.6) is 0 Å². The number of anilines is 2. The molecule has 77 valence electrons. The van der Waals surface area contributed by atoms with Crippen molar-refractivity contribution in [3.63, 3.8) is 0 Å². The molecule has 0 saturated heterocycles. The molecule has 1 heterocycles. The molecule has 1 radical (unpaired) electrons. The molecule has 2 rings (SSSR count). The van der Waals surface area contributed by atoms with E-state index in [-0.39, 0.29) is 0 Å². The molecule has 0 atom stereocenters. The maximum atomic E-state index is 5.91. The van der Waals surface area contributed by atoms with Gasteiger partial charge in [0.15, 0.2) is 0 Å². The van der Waals surface area contributed by atoms with E-state index in [4.69, 9.17) is 5.73 Å². The molecule has 0 spiro atoms. The molecule has 5 heteroatoms. The summed E-state index contributed by atoms with van der Waals surface area (Å²) in [5, 5.41) is 3.19. The molecule has 4 nitrogen and oxygen atoms in total. The lowest BCUT2D eigenvalue weighted by molar-refractivity contribution is 1.30. The highest BCUT2D eigenvalue weighted by Gasteiger charge is 2.23. The van der Waals surface area contributed by atoms with Crippen molar-refractivity contribution in [3.8, 4) is 0 Å². The Balaban J connectivity index is 2.67. The van der Waals surface area contributed by atoms with Crippen molar-refractivity contribution < 1.29 is 0 Å². The maximum absolute atomic E-state index is 5.91. The summed E-state index contributed by atoms with van der Waals surface area (Å²) in [6.45, 7) is 2.04. The van der Waals surface area contributed by atoms with Crippen LogP contribution < -0.4 is 15.8 Å². The molecule has 0 fully saturated rings. The Morgan fingerprint density at radius 2 is 2.27 bits per heavy atom. The van der Waals surface area contributed by atoms with Gasteiger partial charge in [-0.3, -0.25) is 4.99 Å². The molecular weight excluding hydrogens is 187 g/mol. The van der Waals surface area contributed by atoms with Crippen LogP contribution >= 0.6 is 0 Å². The number of hydrogen-bond acceptors (Lipinski definition) is 3. The minimum Gasteiger partial charge on any atom is -0.410 e. The summed E-state index contributed by atoms with van der Waals surface area (Å²) in [4.78, 5) is 6.08. The van der Waals surface area contributed by atoms with Crippen LogP contribution in [0.3, 0.4) is 0 Å². The Labute approximate surface area is 90.5 Å². The zero-order valence-corrected chi connectivity index (χ0v) is 9.20. The number of fused-ring (bicyclic) bond motifs is 1. The summed E-state index contributed by atoms with van der Waals surface area (Å²) in [5.74, 6) is 0.577. The largest absolute Gasteiger partial charge is 0.410 e. The zero-order chi connectivity index (χ0) is 11.0. The number of amidine groups is 1. The van der Waals surface area contributed by atoms with Crippen LogP contribution in [0.2, 0.25) is 0 Å². The Bertz CT molecular complexity index is 428. The Morgan fingerprint density at radius 3 is 2.93 bits per heavy atom. The van der Waals surface area contributed by atoms with Crippen molar-refractivity contribution >= 4 is 24.8 Å². The number of benzene rings is 1. The average Bonchev–Trinajstić information content (AvgIpc) is 2.60. The SMILES string of the molecule is CN=C(N)c1c(C)ccc2c1N(C)[B]N2. The number of nitrogens with two attached hydrogens (primary N) is 1. The van der Waals surface area contributed by atoms with E-state index in [1.165, 1.54) is 0 Å². The fourth-order valence-corrected chi connectivity index (χ4v) is 1.84. The number of hydrogen-bond donors (Lipinski definition) is 2. The van der Waals surface area contributed by atoms with Crippen LogP contribution in [-0.2, 0) is 0 Å². The van der Waals surface area contributed by atoms with Crippen LogP contribution in [0, 0.1) is 6.92 Å². The molecule has 1 aromatic carbocycles. The van der Waals surface area contributed by atoms with Crippen molar-refractivity contribution in [1.29, 1.82) is 0 Å². The van der Waals surface area contributed by atoms with Gasteiger partial charge >= 0.3 is 7.55 Å². The first-order chi connectivity index (χ1) is 7.15. The maximum Gasteiger partial charge on any atom is 0.388 e. The summed E-state index contributed by atoms with van der Waals surface area (Å²) in [5.41, 5.74) is 10.2. The molecule has 3 N–H and O–H groups in total.